The second-order valence-corrected chi connectivity index (χ2v) is 5.62. The van der Waals surface area contributed by atoms with E-state index in [0.717, 1.165) is 18.9 Å². The number of alkyl halides is 3. The lowest BCUT2D eigenvalue weighted by Gasteiger charge is -2.37. The smallest absolute Gasteiger partial charge is 0.368 e. The summed E-state index contributed by atoms with van der Waals surface area (Å²) in [5, 5.41) is 0. The van der Waals surface area contributed by atoms with Gasteiger partial charge in [0.05, 0.1) is 0 Å². The summed E-state index contributed by atoms with van der Waals surface area (Å²) in [6, 6.07) is 0.967. The molecular formula is C12H17F3N4. The van der Waals surface area contributed by atoms with Gasteiger partial charge in [0.2, 0.25) is 5.95 Å². The summed E-state index contributed by atoms with van der Waals surface area (Å²) in [4.78, 5) is 8.99. The Kier molecular flexibility index (Phi) is 3.32. The van der Waals surface area contributed by atoms with E-state index in [4.69, 9.17) is 5.73 Å². The second kappa shape index (κ2) is 4.54. The third-order valence-corrected chi connectivity index (χ3v) is 3.46. The second-order valence-electron chi connectivity index (χ2n) is 5.62. The summed E-state index contributed by atoms with van der Waals surface area (Å²) in [5.41, 5.74) is 4.61. The van der Waals surface area contributed by atoms with Crippen molar-refractivity contribution in [2.24, 2.45) is 5.41 Å². The summed E-state index contributed by atoms with van der Waals surface area (Å²) in [6.07, 6.45) is -2.67. The van der Waals surface area contributed by atoms with Crippen molar-refractivity contribution in [1.82, 2.24) is 9.97 Å². The molecule has 2 rings (SSSR count). The number of nitrogens with two attached hydrogens (primary N) is 1. The van der Waals surface area contributed by atoms with Gasteiger partial charge in [-0.15, -0.1) is 0 Å². The van der Waals surface area contributed by atoms with Crippen LogP contribution in [0.1, 0.15) is 32.4 Å². The summed E-state index contributed by atoms with van der Waals surface area (Å²) < 4.78 is 38.0. The van der Waals surface area contributed by atoms with Gasteiger partial charge in [0, 0.05) is 19.2 Å². The van der Waals surface area contributed by atoms with Gasteiger partial charge in [0.1, 0.15) is 5.82 Å². The lowest BCUT2D eigenvalue weighted by Crippen LogP contribution is -2.38. The fourth-order valence-corrected chi connectivity index (χ4v) is 2.10. The number of nitrogens with zero attached hydrogens (tertiary/aromatic N) is 3. The number of hydrogen-bond donors (Lipinski definition) is 1. The van der Waals surface area contributed by atoms with Crippen LogP contribution >= 0.6 is 0 Å². The van der Waals surface area contributed by atoms with Gasteiger partial charge < -0.3 is 10.6 Å². The third-order valence-electron chi connectivity index (χ3n) is 3.46. The Hall–Kier alpha value is -1.53. The Morgan fingerprint density at radius 2 is 1.79 bits per heavy atom. The van der Waals surface area contributed by atoms with Crippen LogP contribution in [0.15, 0.2) is 6.07 Å². The molecule has 0 saturated carbocycles. The van der Waals surface area contributed by atoms with Crippen LogP contribution in [0.2, 0.25) is 0 Å². The van der Waals surface area contributed by atoms with Crippen LogP contribution in [-0.4, -0.2) is 23.1 Å². The molecule has 1 fully saturated rings. The number of aromatic nitrogens is 2. The van der Waals surface area contributed by atoms with Crippen LogP contribution in [0, 0.1) is 5.41 Å². The van der Waals surface area contributed by atoms with Crippen LogP contribution < -0.4 is 10.6 Å². The first-order valence-electron chi connectivity index (χ1n) is 6.14. The van der Waals surface area contributed by atoms with E-state index >= 15 is 0 Å². The third kappa shape index (κ3) is 3.27. The molecular weight excluding hydrogens is 257 g/mol. The minimum atomic E-state index is -4.50. The van der Waals surface area contributed by atoms with E-state index in [1.54, 1.807) is 0 Å². The molecule has 106 valence electrons. The molecule has 0 bridgehead atoms. The van der Waals surface area contributed by atoms with Crippen molar-refractivity contribution in [3.05, 3.63) is 11.8 Å². The van der Waals surface area contributed by atoms with Crippen LogP contribution in [0.5, 0.6) is 0 Å². The van der Waals surface area contributed by atoms with Gasteiger partial charge in [0.25, 0.3) is 0 Å². The molecule has 1 aromatic rings. The molecule has 0 aliphatic carbocycles. The monoisotopic (exact) mass is 274 g/mol. The number of anilines is 2. The molecule has 0 radical (unpaired) electrons. The lowest BCUT2D eigenvalue weighted by atomic mass is 9.83. The number of halogens is 3. The number of piperidine rings is 1. The normalized spacial score (nSPS) is 19.5. The van der Waals surface area contributed by atoms with Crippen LogP contribution in [0.3, 0.4) is 0 Å². The van der Waals surface area contributed by atoms with Crippen LogP contribution in [0.25, 0.3) is 0 Å². The molecule has 2 N–H and O–H groups in total. The molecule has 1 aliphatic rings. The molecule has 0 atom stereocenters. The Morgan fingerprint density at radius 3 is 2.32 bits per heavy atom. The first-order valence-corrected chi connectivity index (χ1v) is 6.14. The van der Waals surface area contributed by atoms with Gasteiger partial charge in [-0.25, -0.2) is 4.98 Å². The molecule has 4 nitrogen and oxygen atoms in total. The highest BCUT2D eigenvalue weighted by atomic mass is 19.4. The Bertz CT molecular complexity index is 461. The van der Waals surface area contributed by atoms with E-state index in [1.165, 1.54) is 0 Å². The van der Waals surface area contributed by atoms with E-state index < -0.39 is 11.9 Å². The molecule has 7 heteroatoms. The molecule has 2 heterocycles. The van der Waals surface area contributed by atoms with E-state index in [9.17, 15) is 13.2 Å². The van der Waals surface area contributed by atoms with Gasteiger partial charge in [-0.05, 0) is 18.3 Å². The predicted octanol–water partition coefficient (Wildman–Crippen LogP) is 2.70. The highest BCUT2D eigenvalue weighted by molar-refractivity contribution is 5.44. The predicted molar refractivity (Wildman–Crippen MR) is 66.7 cm³/mol. The average Bonchev–Trinajstić information content (AvgIpc) is 2.26. The molecule has 1 saturated heterocycles. The molecule has 0 aromatic carbocycles. The standard InChI is InChI=1S/C12H17F3N4/c1-11(2)3-5-19(6-4-11)9-7-8(12(13,14)15)17-10(16)18-9/h7H,3-6H2,1-2H3,(H2,16,17,18). The Morgan fingerprint density at radius 1 is 1.21 bits per heavy atom. The van der Waals surface area contributed by atoms with Gasteiger partial charge >= 0.3 is 6.18 Å². The van der Waals surface area contributed by atoms with Crippen molar-refractivity contribution >= 4 is 11.8 Å². The largest absolute Gasteiger partial charge is 0.433 e. The molecule has 0 unspecified atom stereocenters. The zero-order valence-corrected chi connectivity index (χ0v) is 11.0. The molecule has 0 spiro atoms. The number of rotatable bonds is 1. The highest BCUT2D eigenvalue weighted by Crippen LogP contribution is 2.34. The minimum Gasteiger partial charge on any atom is -0.368 e. The van der Waals surface area contributed by atoms with Crippen LogP contribution in [-0.2, 0) is 6.18 Å². The maximum Gasteiger partial charge on any atom is 0.433 e. The van der Waals surface area contributed by atoms with Crippen molar-refractivity contribution in [3.63, 3.8) is 0 Å². The van der Waals surface area contributed by atoms with Crippen molar-refractivity contribution in [1.29, 1.82) is 0 Å². The van der Waals surface area contributed by atoms with Crippen LogP contribution in [0.4, 0.5) is 24.9 Å². The van der Waals surface area contributed by atoms with Crippen molar-refractivity contribution in [2.75, 3.05) is 23.7 Å². The topological polar surface area (TPSA) is 55.0 Å². The molecule has 0 amide bonds. The SMILES string of the molecule is CC1(C)CCN(c2cc(C(F)(F)F)nc(N)n2)CC1. The van der Waals surface area contributed by atoms with E-state index in [1.807, 2.05) is 4.90 Å². The quantitative estimate of drug-likeness (QED) is 0.855. The van der Waals surface area contributed by atoms with E-state index in [2.05, 4.69) is 23.8 Å². The van der Waals surface area contributed by atoms with E-state index in [-0.39, 0.29) is 17.2 Å². The molecule has 1 aromatic heterocycles. The van der Waals surface area contributed by atoms with Crippen molar-refractivity contribution in [3.8, 4) is 0 Å². The minimum absolute atomic E-state index is 0.224. The Balaban J connectivity index is 2.24. The lowest BCUT2D eigenvalue weighted by molar-refractivity contribution is -0.141. The maximum absolute atomic E-state index is 12.7. The molecule has 1 aliphatic heterocycles. The number of hydrogen-bond acceptors (Lipinski definition) is 4. The summed E-state index contributed by atoms with van der Waals surface area (Å²) in [6.45, 7) is 5.67. The fraction of sp³-hybridized carbons (Fsp3) is 0.667. The van der Waals surface area contributed by atoms with Crippen molar-refractivity contribution in [2.45, 2.75) is 32.9 Å². The molecule has 19 heavy (non-hydrogen) atoms. The zero-order chi connectivity index (χ0) is 14.3. The van der Waals surface area contributed by atoms with Gasteiger partial charge in [0.15, 0.2) is 5.69 Å². The average molecular weight is 274 g/mol. The Labute approximate surface area is 109 Å². The summed E-state index contributed by atoms with van der Waals surface area (Å²) >= 11 is 0. The maximum atomic E-state index is 12.7. The summed E-state index contributed by atoms with van der Waals surface area (Å²) in [7, 11) is 0. The van der Waals surface area contributed by atoms with Gasteiger partial charge in [-0.3, -0.25) is 0 Å². The highest BCUT2D eigenvalue weighted by Gasteiger charge is 2.34. The van der Waals surface area contributed by atoms with E-state index in [0.29, 0.717) is 13.1 Å². The zero-order valence-electron chi connectivity index (χ0n) is 11.0. The number of nitrogen functional groups attached to an aromatic ring is 1. The van der Waals surface area contributed by atoms with Crippen molar-refractivity contribution < 1.29 is 13.2 Å². The fourth-order valence-electron chi connectivity index (χ4n) is 2.10. The first kappa shape index (κ1) is 13.9. The first-order chi connectivity index (χ1) is 8.67. The van der Waals surface area contributed by atoms with Gasteiger partial charge in [-0.2, -0.15) is 18.2 Å². The summed E-state index contributed by atoms with van der Waals surface area (Å²) in [5.74, 6) is -0.0787. The van der Waals surface area contributed by atoms with Gasteiger partial charge in [-0.1, -0.05) is 13.8 Å².